The maximum absolute atomic E-state index is 7.39. The van der Waals surface area contributed by atoms with Crippen LogP contribution in [0.3, 0.4) is 0 Å². The van der Waals surface area contributed by atoms with Crippen LogP contribution >= 0.6 is 0 Å². The summed E-state index contributed by atoms with van der Waals surface area (Å²) in [7, 11) is 0. The zero-order valence-corrected chi connectivity index (χ0v) is 33.4. The smallest absolute Gasteiger partial charge is 0.139 e. The molecule has 5 aliphatic carbocycles. The van der Waals surface area contributed by atoms with Gasteiger partial charge in [-0.25, -0.2) is 0 Å². The fourth-order valence-corrected chi connectivity index (χ4v) is 12.7. The van der Waals surface area contributed by atoms with Crippen molar-refractivity contribution in [1.29, 1.82) is 0 Å². The van der Waals surface area contributed by atoms with Crippen LogP contribution in [0.5, 0.6) is 11.5 Å². The van der Waals surface area contributed by atoms with E-state index in [1.807, 2.05) is 0 Å². The van der Waals surface area contributed by atoms with Gasteiger partial charge in [0.2, 0.25) is 0 Å². The lowest BCUT2D eigenvalue weighted by atomic mass is 9.41. The van der Waals surface area contributed by atoms with Crippen LogP contribution < -0.4 is 9.64 Å². The van der Waals surface area contributed by atoms with E-state index in [9.17, 15) is 0 Å². The van der Waals surface area contributed by atoms with Gasteiger partial charge < -0.3 is 9.64 Å². The van der Waals surface area contributed by atoms with Gasteiger partial charge in [-0.1, -0.05) is 137 Å². The molecule has 4 saturated carbocycles. The number of anilines is 3. The molecule has 0 atom stereocenters. The highest BCUT2D eigenvalue weighted by molar-refractivity contribution is 5.84. The molecule has 1 spiro atoms. The molecule has 12 rings (SSSR count). The van der Waals surface area contributed by atoms with Crippen LogP contribution in [0.2, 0.25) is 0 Å². The summed E-state index contributed by atoms with van der Waals surface area (Å²) in [6, 6.07) is 52.3. The first kappa shape index (κ1) is 34.2. The molecular weight excluding hydrogens is 679 g/mol. The van der Waals surface area contributed by atoms with Gasteiger partial charge in [0, 0.05) is 39.5 Å². The lowest BCUT2D eigenvalue weighted by Crippen LogP contribution is -2.57. The number of rotatable bonds is 5. The van der Waals surface area contributed by atoms with Crippen LogP contribution in [-0.4, -0.2) is 0 Å². The summed E-state index contributed by atoms with van der Waals surface area (Å²) < 4.78 is 7.39. The molecular formula is C54H53NO. The number of hydrogen-bond acceptors (Lipinski definition) is 2. The first-order valence-electron chi connectivity index (χ1n) is 21.3. The molecule has 1 aliphatic heterocycles. The van der Waals surface area contributed by atoms with Gasteiger partial charge in [0.05, 0.1) is 5.69 Å². The number of ether oxygens (including phenoxy) is 1. The van der Waals surface area contributed by atoms with Crippen molar-refractivity contribution in [2.24, 2.45) is 23.7 Å². The molecule has 0 unspecified atom stereocenters. The first-order chi connectivity index (χ1) is 27.2. The summed E-state index contributed by atoms with van der Waals surface area (Å²) in [6.07, 6.45) is 9.13. The van der Waals surface area contributed by atoms with Crippen molar-refractivity contribution in [3.05, 3.63) is 162 Å². The quantitative estimate of drug-likeness (QED) is 0.175. The van der Waals surface area contributed by atoms with Crippen LogP contribution in [0.4, 0.5) is 17.1 Å². The molecule has 2 nitrogen and oxygen atoms in total. The van der Waals surface area contributed by atoms with E-state index in [4.69, 9.17) is 4.74 Å². The average Bonchev–Trinajstić information content (AvgIpc) is 3.21. The molecule has 4 bridgehead atoms. The molecule has 6 aromatic carbocycles. The Bertz CT molecular complexity index is 2430. The zero-order valence-electron chi connectivity index (χ0n) is 33.4. The van der Waals surface area contributed by atoms with Gasteiger partial charge in [0.15, 0.2) is 0 Å². The van der Waals surface area contributed by atoms with E-state index in [-0.39, 0.29) is 16.2 Å². The number of para-hydroxylation sites is 1. The normalized spacial score (nSPS) is 25.9. The van der Waals surface area contributed by atoms with Gasteiger partial charge in [-0.2, -0.15) is 0 Å². The second-order valence-corrected chi connectivity index (χ2v) is 19.2. The lowest BCUT2D eigenvalue weighted by molar-refractivity contribution is -0.0451. The third kappa shape index (κ3) is 5.07. The Labute approximate surface area is 333 Å². The van der Waals surface area contributed by atoms with Gasteiger partial charge in [0.25, 0.3) is 0 Å². The molecule has 0 N–H and O–H groups in total. The Morgan fingerprint density at radius 3 is 1.79 bits per heavy atom. The summed E-state index contributed by atoms with van der Waals surface area (Å²) >= 11 is 0. The third-order valence-electron chi connectivity index (χ3n) is 15.1. The molecule has 0 saturated heterocycles. The minimum atomic E-state index is -0.0280. The van der Waals surface area contributed by atoms with E-state index >= 15 is 0 Å². The Hall–Kier alpha value is -5.08. The Kier molecular flexibility index (Phi) is 7.61. The number of hydrogen-bond donors (Lipinski definition) is 0. The largest absolute Gasteiger partial charge is 0.456 e. The number of nitrogens with zero attached hydrogens (tertiary/aromatic N) is 1. The second-order valence-electron chi connectivity index (χ2n) is 19.2. The van der Waals surface area contributed by atoms with Crippen molar-refractivity contribution in [2.45, 2.75) is 88.9 Å². The molecule has 0 aromatic heterocycles. The summed E-state index contributed by atoms with van der Waals surface area (Å²) in [5, 5.41) is 0. The second kappa shape index (κ2) is 12.5. The summed E-state index contributed by atoms with van der Waals surface area (Å²) in [4.78, 5) is 2.54. The van der Waals surface area contributed by atoms with Crippen molar-refractivity contribution in [1.82, 2.24) is 0 Å². The summed E-state index contributed by atoms with van der Waals surface area (Å²) in [6.45, 7) is 9.77. The first-order valence-corrected chi connectivity index (χ1v) is 21.3. The molecule has 4 fully saturated rings. The third-order valence-corrected chi connectivity index (χ3v) is 15.1. The molecule has 1 heterocycles. The molecule has 6 aliphatic rings. The molecule has 0 radical (unpaired) electrons. The number of benzene rings is 6. The highest BCUT2D eigenvalue weighted by Gasteiger charge is 2.61. The van der Waals surface area contributed by atoms with Gasteiger partial charge in [-0.05, 0) is 132 Å². The van der Waals surface area contributed by atoms with Crippen LogP contribution in [0.1, 0.15) is 94.9 Å². The molecule has 2 heteroatoms. The summed E-state index contributed by atoms with van der Waals surface area (Å²) in [5.41, 5.74) is 14.4. The van der Waals surface area contributed by atoms with E-state index in [2.05, 4.69) is 172 Å². The Morgan fingerprint density at radius 1 is 0.500 bits per heavy atom. The monoisotopic (exact) mass is 731 g/mol. The lowest BCUT2D eigenvalue weighted by Gasteiger charge is -2.63. The van der Waals surface area contributed by atoms with Gasteiger partial charge in [-0.3, -0.25) is 0 Å². The Balaban J connectivity index is 1.13. The molecule has 280 valence electrons. The van der Waals surface area contributed by atoms with Crippen LogP contribution in [0.25, 0.3) is 22.3 Å². The van der Waals surface area contributed by atoms with Gasteiger partial charge in [-0.15, -0.1) is 0 Å². The standard InChI is InChI=1S/C54H53NO/c1-52(2)27-28-53(3,4)50-46(52)18-12-20-48(50)55(42-23-21-38(22-24-42)37-13-7-5-8-14-37)43-25-26-45-49(34-43)56-51-44(39-15-9-6-10-16-39)17-11-19-47(51)54(45)40-30-35-29-36(32-40)33-41(54)31-35/h5-26,34-36,40-41H,27-33H2,1-4H3. The molecule has 6 aromatic rings. The van der Waals surface area contributed by atoms with E-state index in [1.165, 1.54) is 94.4 Å². The van der Waals surface area contributed by atoms with Crippen LogP contribution in [-0.2, 0) is 16.2 Å². The average molecular weight is 732 g/mol. The zero-order chi connectivity index (χ0) is 37.8. The van der Waals surface area contributed by atoms with Crippen LogP contribution in [0, 0.1) is 23.7 Å². The predicted octanol–water partition coefficient (Wildman–Crippen LogP) is 14.7. The topological polar surface area (TPSA) is 12.5 Å². The predicted molar refractivity (Wildman–Crippen MR) is 232 cm³/mol. The van der Waals surface area contributed by atoms with E-state index in [0.29, 0.717) is 11.8 Å². The van der Waals surface area contributed by atoms with Crippen molar-refractivity contribution in [2.75, 3.05) is 4.90 Å². The van der Waals surface area contributed by atoms with Crippen molar-refractivity contribution >= 4 is 17.1 Å². The van der Waals surface area contributed by atoms with E-state index in [0.717, 1.165) is 35.4 Å². The SMILES string of the molecule is CC1(C)CCC(C)(C)c2c(N(c3ccc(-c4ccccc4)cc3)c3ccc4c(c3)Oc3c(-c5ccccc5)cccc3C43C4CC5CC(C4)CC3C5)cccc21. The molecule has 56 heavy (non-hydrogen) atoms. The fourth-order valence-electron chi connectivity index (χ4n) is 12.7. The van der Waals surface area contributed by atoms with Crippen LogP contribution in [0.15, 0.2) is 140 Å². The van der Waals surface area contributed by atoms with E-state index in [1.54, 1.807) is 0 Å². The van der Waals surface area contributed by atoms with E-state index < -0.39 is 0 Å². The summed E-state index contributed by atoms with van der Waals surface area (Å²) in [5.74, 6) is 5.16. The highest BCUT2D eigenvalue weighted by Crippen LogP contribution is 2.69. The van der Waals surface area contributed by atoms with Crippen molar-refractivity contribution in [3.8, 4) is 33.8 Å². The fraction of sp³-hybridized carbons (Fsp3) is 0.333. The maximum atomic E-state index is 7.39. The minimum Gasteiger partial charge on any atom is -0.456 e. The minimum absolute atomic E-state index is 0.0280. The highest BCUT2D eigenvalue weighted by atomic mass is 16.5. The van der Waals surface area contributed by atoms with Gasteiger partial charge in [0.1, 0.15) is 11.5 Å². The maximum Gasteiger partial charge on any atom is 0.139 e. The molecule has 0 amide bonds. The number of fused-ring (bicyclic) bond motifs is 3. The van der Waals surface area contributed by atoms with Crippen molar-refractivity contribution < 1.29 is 4.74 Å². The Morgan fingerprint density at radius 2 is 1.09 bits per heavy atom. The van der Waals surface area contributed by atoms with Gasteiger partial charge >= 0.3 is 0 Å². The van der Waals surface area contributed by atoms with Crippen molar-refractivity contribution in [3.63, 3.8) is 0 Å².